The van der Waals surface area contributed by atoms with Crippen molar-refractivity contribution in [2.75, 3.05) is 41.0 Å². The Balaban J connectivity index is 4.43. The molecule has 0 saturated heterocycles. The van der Waals surface area contributed by atoms with Gasteiger partial charge in [-0.1, -0.05) is 105 Å². The van der Waals surface area contributed by atoms with Crippen LogP contribution in [0.4, 0.5) is 0 Å². The maximum atomic E-state index is 12.5. The van der Waals surface area contributed by atoms with Crippen LogP contribution < -0.4 is 5.11 Å². The second kappa shape index (κ2) is 32.7. The van der Waals surface area contributed by atoms with Gasteiger partial charge in [0.25, 0.3) is 0 Å². The van der Waals surface area contributed by atoms with Crippen molar-refractivity contribution in [1.29, 1.82) is 0 Å². The highest BCUT2D eigenvalue weighted by atomic mass is 16.6. The van der Waals surface area contributed by atoms with Gasteiger partial charge in [0.1, 0.15) is 12.6 Å². The van der Waals surface area contributed by atoms with Gasteiger partial charge in [-0.2, -0.15) is 0 Å². The topological polar surface area (TPSA) is 102 Å². The highest BCUT2D eigenvalue weighted by Gasteiger charge is 2.25. The van der Waals surface area contributed by atoms with Crippen LogP contribution >= 0.6 is 0 Å². The van der Waals surface area contributed by atoms with E-state index in [1.54, 1.807) is 21.1 Å². The second-order valence-corrected chi connectivity index (χ2v) is 13.0. The molecular weight excluding hydrogens is 630 g/mol. The summed E-state index contributed by atoms with van der Waals surface area (Å²) < 4.78 is 16.9. The zero-order chi connectivity index (χ0) is 37.1. The molecule has 0 saturated carbocycles. The second-order valence-electron chi connectivity index (χ2n) is 13.0. The molecule has 8 nitrogen and oxygen atoms in total. The summed E-state index contributed by atoms with van der Waals surface area (Å²) in [6.07, 6.45) is 40.8. The lowest BCUT2D eigenvalue weighted by atomic mass is 10.1. The number of allylic oxidation sites excluding steroid dienone is 14. The number of likely N-dealkylation sites (N-methyl/N-ethyl adjacent to an activating group) is 1. The van der Waals surface area contributed by atoms with Crippen LogP contribution in [0.2, 0.25) is 0 Å². The van der Waals surface area contributed by atoms with Gasteiger partial charge in [-0.25, -0.2) is 0 Å². The van der Waals surface area contributed by atoms with Crippen LogP contribution in [0.5, 0.6) is 0 Å². The van der Waals surface area contributed by atoms with Crippen LogP contribution in [-0.4, -0.2) is 75.5 Å². The third-order valence-electron chi connectivity index (χ3n) is 7.54. The predicted octanol–water partition coefficient (Wildman–Crippen LogP) is 8.07. The summed E-state index contributed by atoms with van der Waals surface area (Å²) in [6.45, 7) is 4.25. The number of ether oxygens (including phenoxy) is 3. The Hall–Kier alpha value is -3.49. The number of rotatable bonds is 31. The lowest BCUT2D eigenvalue weighted by Gasteiger charge is -2.34. The number of hydrogen-bond acceptors (Lipinski definition) is 7. The minimum Gasteiger partial charge on any atom is -0.544 e. The van der Waals surface area contributed by atoms with E-state index in [1.165, 1.54) is 0 Å². The Morgan fingerprint density at radius 3 is 1.60 bits per heavy atom. The van der Waals surface area contributed by atoms with Crippen molar-refractivity contribution in [2.24, 2.45) is 0 Å². The number of carboxylic acids is 1. The Morgan fingerprint density at radius 1 is 0.600 bits per heavy atom. The summed E-state index contributed by atoms with van der Waals surface area (Å²) in [4.78, 5) is 36.4. The monoisotopic (exact) mass is 697 g/mol. The Morgan fingerprint density at radius 2 is 1.10 bits per heavy atom. The molecule has 0 aromatic carbocycles. The maximum Gasteiger partial charge on any atom is 0.306 e. The number of quaternary nitrogens is 1. The van der Waals surface area contributed by atoms with E-state index in [-0.39, 0.29) is 43.1 Å². The minimum absolute atomic E-state index is 0.000823. The standard InChI is InChI=1S/C42H67NO7/c1-6-8-10-12-14-15-16-17-18-19-20-21-22-23-24-25-27-28-30-32-40(44)49-37-38(36-48-35-34-39(42(46)47)43(3,4)5)50-41(45)33-31-29-26-13-11-9-7-2/h8-11,14-15,17-18,20-21,23-24,26,29,38-39H,6-7,12-13,16,19,22,25,27-28,30-37H2,1-5H3/b10-8+,11-9+,15-14+,18-17+,21-20+,24-23+,29-26+. The molecule has 0 bridgehead atoms. The first-order chi connectivity index (χ1) is 24.1. The number of aliphatic carboxylic acids is 1. The zero-order valence-corrected chi connectivity index (χ0v) is 31.8. The lowest BCUT2D eigenvalue weighted by Crippen LogP contribution is -2.55. The third-order valence-corrected chi connectivity index (χ3v) is 7.54. The minimum atomic E-state index is -1.14. The molecule has 0 N–H and O–H groups in total. The first-order valence-corrected chi connectivity index (χ1v) is 18.6. The van der Waals surface area contributed by atoms with Crippen LogP contribution in [0, 0.1) is 0 Å². The van der Waals surface area contributed by atoms with Crippen LogP contribution in [0.25, 0.3) is 0 Å². The van der Waals surface area contributed by atoms with Gasteiger partial charge in [0.05, 0.1) is 40.3 Å². The highest BCUT2D eigenvalue weighted by Crippen LogP contribution is 2.10. The van der Waals surface area contributed by atoms with Crippen molar-refractivity contribution in [3.63, 3.8) is 0 Å². The average molecular weight is 698 g/mol. The van der Waals surface area contributed by atoms with Crippen molar-refractivity contribution in [3.8, 4) is 0 Å². The number of carbonyl (C=O) groups excluding carboxylic acids is 3. The molecule has 0 amide bonds. The molecule has 0 aliphatic carbocycles. The molecule has 2 unspecified atom stereocenters. The van der Waals surface area contributed by atoms with E-state index in [2.05, 4.69) is 86.8 Å². The molecule has 0 aliphatic heterocycles. The summed E-state index contributed by atoms with van der Waals surface area (Å²) >= 11 is 0. The van der Waals surface area contributed by atoms with Crippen LogP contribution in [-0.2, 0) is 28.6 Å². The Bertz CT molecular complexity index is 1090. The Kier molecular flexibility index (Phi) is 30.4. The molecule has 0 spiro atoms. The van der Waals surface area contributed by atoms with E-state index in [0.717, 1.165) is 70.6 Å². The van der Waals surface area contributed by atoms with Gasteiger partial charge in [-0.05, 0) is 70.6 Å². The Labute approximate surface area is 303 Å². The van der Waals surface area contributed by atoms with Crippen molar-refractivity contribution in [2.45, 2.75) is 122 Å². The van der Waals surface area contributed by atoms with E-state index in [9.17, 15) is 19.5 Å². The first kappa shape index (κ1) is 46.5. The fraction of sp³-hybridized carbons (Fsp3) is 0.595. The highest BCUT2D eigenvalue weighted by molar-refractivity contribution is 5.70. The van der Waals surface area contributed by atoms with Crippen LogP contribution in [0.1, 0.15) is 110 Å². The summed E-state index contributed by atoms with van der Waals surface area (Å²) in [5, 5.41) is 11.5. The third kappa shape index (κ3) is 30.6. The molecule has 0 radical (unpaired) electrons. The maximum absolute atomic E-state index is 12.5. The average Bonchev–Trinajstić information content (AvgIpc) is 3.06. The number of carboxylic acid groups (broad SMARTS) is 1. The molecular formula is C42H67NO7. The van der Waals surface area contributed by atoms with Gasteiger partial charge in [0.2, 0.25) is 0 Å². The number of unbranched alkanes of at least 4 members (excludes halogenated alkanes) is 3. The van der Waals surface area contributed by atoms with E-state index in [0.29, 0.717) is 12.8 Å². The fourth-order valence-corrected chi connectivity index (χ4v) is 4.68. The van der Waals surface area contributed by atoms with E-state index in [4.69, 9.17) is 14.2 Å². The summed E-state index contributed by atoms with van der Waals surface area (Å²) in [6, 6.07) is -0.742. The normalized spacial score (nSPS) is 14.0. The smallest absolute Gasteiger partial charge is 0.306 e. The van der Waals surface area contributed by atoms with Gasteiger partial charge < -0.3 is 28.6 Å². The molecule has 282 valence electrons. The van der Waals surface area contributed by atoms with Crippen LogP contribution in [0.15, 0.2) is 85.1 Å². The fourth-order valence-electron chi connectivity index (χ4n) is 4.68. The number of nitrogens with zero attached hydrogens (tertiary/aromatic N) is 1. The largest absolute Gasteiger partial charge is 0.544 e. The van der Waals surface area contributed by atoms with Gasteiger partial charge in [-0.15, -0.1) is 0 Å². The predicted molar refractivity (Wildman–Crippen MR) is 203 cm³/mol. The molecule has 0 heterocycles. The van der Waals surface area contributed by atoms with E-state index < -0.39 is 24.1 Å². The van der Waals surface area contributed by atoms with Gasteiger partial charge >= 0.3 is 11.9 Å². The van der Waals surface area contributed by atoms with Crippen molar-refractivity contribution >= 4 is 17.9 Å². The van der Waals surface area contributed by atoms with E-state index in [1.807, 2.05) is 12.2 Å². The van der Waals surface area contributed by atoms with Crippen molar-refractivity contribution in [3.05, 3.63) is 85.1 Å². The SMILES string of the molecule is CC/C=C/C/C=C/C/C=C/C/C=C/C/C=C/CCCCCC(=O)OCC(COCCC(C(=O)[O-])[N+](C)(C)C)OC(=O)CC/C=C/C/C=C/CC. The quantitative estimate of drug-likeness (QED) is 0.0313. The lowest BCUT2D eigenvalue weighted by molar-refractivity contribution is -0.889. The molecule has 0 aromatic heterocycles. The molecule has 0 aromatic rings. The first-order valence-electron chi connectivity index (χ1n) is 18.6. The molecule has 0 fully saturated rings. The number of carbonyl (C=O) groups is 3. The van der Waals surface area contributed by atoms with Gasteiger partial charge in [0.15, 0.2) is 6.10 Å². The van der Waals surface area contributed by atoms with Gasteiger partial charge in [0, 0.05) is 19.3 Å². The summed E-state index contributed by atoms with van der Waals surface area (Å²) in [5.74, 6) is -1.89. The molecule has 0 aliphatic rings. The summed E-state index contributed by atoms with van der Waals surface area (Å²) in [5.41, 5.74) is 0. The van der Waals surface area contributed by atoms with Crippen molar-refractivity contribution < 1.29 is 38.2 Å². The molecule has 8 heteroatoms. The zero-order valence-electron chi connectivity index (χ0n) is 31.8. The van der Waals surface area contributed by atoms with E-state index >= 15 is 0 Å². The van der Waals surface area contributed by atoms with Gasteiger partial charge in [-0.3, -0.25) is 9.59 Å². The van der Waals surface area contributed by atoms with Crippen LogP contribution in [0.3, 0.4) is 0 Å². The number of esters is 2. The van der Waals surface area contributed by atoms with Crippen molar-refractivity contribution in [1.82, 2.24) is 0 Å². The molecule has 2 atom stereocenters. The summed E-state index contributed by atoms with van der Waals surface area (Å²) in [7, 11) is 5.35. The molecule has 50 heavy (non-hydrogen) atoms. The molecule has 0 rings (SSSR count). The number of hydrogen-bond donors (Lipinski definition) is 0.